The zero-order valence-electron chi connectivity index (χ0n) is 15.4. The van der Waals surface area contributed by atoms with E-state index in [4.69, 9.17) is 4.74 Å². The number of nitrogens with one attached hydrogen (secondary N) is 1. The molecule has 1 heterocycles. The van der Waals surface area contributed by atoms with Crippen LogP contribution < -0.4 is 5.32 Å². The van der Waals surface area contributed by atoms with E-state index in [0.717, 1.165) is 0 Å². The SMILES string of the molecule is CC(C)(C)OC(=O)N1CCCC(C(=O)N[C@@H](C(=O)O)c2ccccc2)C1. The average molecular weight is 362 g/mol. The number of carbonyl (C=O) groups is 3. The lowest BCUT2D eigenvalue weighted by molar-refractivity contribution is -0.143. The van der Waals surface area contributed by atoms with Gasteiger partial charge in [0.1, 0.15) is 5.60 Å². The molecule has 7 nitrogen and oxygen atoms in total. The number of rotatable bonds is 4. The molecule has 0 radical (unpaired) electrons. The standard InChI is InChI=1S/C19H26N2O5/c1-19(2,3)26-18(25)21-11-7-10-14(12-21)16(22)20-15(17(23)24)13-8-5-4-6-9-13/h4-6,8-9,14-15H,7,10-12H2,1-3H3,(H,20,22)(H,23,24)/t14?,15-/m1/s1. The number of benzene rings is 1. The lowest BCUT2D eigenvalue weighted by Crippen LogP contribution is -2.48. The maximum atomic E-state index is 12.6. The molecule has 2 rings (SSSR count). The summed E-state index contributed by atoms with van der Waals surface area (Å²) in [5, 5.41) is 12.0. The topological polar surface area (TPSA) is 95.9 Å². The minimum atomic E-state index is -1.12. The normalized spacial score (nSPS) is 18.7. The van der Waals surface area contributed by atoms with Crippen molar-refractivity contribution in [2.75, 3.05) is 13.1 Å². The number of nitrogens with zero attached hydrogens (tertiary/aromatic N) is 1. The molecular formula is C19H26N2O5. The van der Waals surface area contributed by atoms with E-state index < -0.39 is 29.6 Å². The zero-order chi connectivity index (χ0) is 19.3. The maximum Gasteiger partial charge on any atom is 0.410 e. The zero-order valence-corrected chi connectivity index (χ0v) is 15.4. The van der Waals surface area contributed by atoms with Gasteiger partial charge < -0.3 is 20.1 Å². The van der Waals surface area contributed by atoms with Crippen LogP contribution in [0.4, 0.5) is 4.79 Å². The minimum Gasteiger partial charge on any atom is -0.479 e. The van der Waals surface area contributed by atoms with Gasteiger partial charge in [-0.15, -0.1) is 0 Å². The molecule has 0 spiro atoms. The molecule has 2 N–H and O–H groups in total. The van der Waals surface area contributed by atoms with Crippen molar-refractivity contribution >= 4 is 18.0 Å². The van der Waals surface area contributed by atoms with Crippen LogP contribution >= 0.6 is 0 Å². The molecule has 1 unspecified atom stereocenters. The van der Waals surface area contributed by atoms with E-state index in [2.05, 4.69) is 5.32 Å². The molecule has 1 aliphatic rings. The Bertz CT molecular complexity index is 654. The Labute approximate surface area is 153 Å². The molecule has 1 aliphatic heterocycles. The summed E-state index contributed by atoms with van der Waals surface area (Å²) >= 11 is 0. The lowest BCUT2D eigenvalue weighted by atomic mass is 9.96. The van der Waals surface area contributed by atoms with Crippen molar-refractivity contribution in [2.45, 2.75) is 45.3 Å². The number of hydrogen-bond donors (Lipinski definition) is 2. The Balaban J connectivity index is 2.02. The van der Waals surface area contributed by atoms with Crippen LogP contribution in [0, 0.1) is 5.92 Å². The van der Waals surface area contributed by atoms with Crippen LogP contribution in [-0.4, -0.2) is 46.7 Å². The fraction of sp³-hybridized carbons (Fsp3) is 0.526. The van der Waals surface area contributed by atoms with Gasteiger partial charge in [-0.1, -0.05) is 30.3 Å². The Morgan fingerprint density at radius 2 is 1.88 bits per heavy atom. The first-order valence-electron chi connectivity index (χ1n) is 8.73. The van der Waals surface area contributed by atoms with Crippen molar-refractivity contribution in [3.8, 4) is 0 Å². The fourth-order valence-corrected chi connectivity index (χ4v) is 2.88. The van der Waals surface area contributed by atoms with E-state index in [9.17, 15) is 19.5 Å². The lowest BCUT2D eigenvalue weighted by Gasteiger charge is -2.33. The van der Waals surface area contributed by atoms with Gasteiger partial charge in [-0.05, 0) is 39.2 Å². The molecule has 0 saturated carbocycles. The van der Waals surface area contributed by atoms with E-state index in [1.54, 1.807) is 51.1 Å². The summed E-state index contributed by atoms with van der Waals surface area (Å²) in [4.78, 5) is 37.9. The molecule has 1 aromatic rings. The summed E-state index contributed by atoms with van der Waals surface area (Å²) in [6, 6.07) is 7.44. The second-order valence-electron chi connectivity index (χ2n) is 7.46. The summed E-state index contributed by atoms with van der Waals surface area (Å²) in [5.74, 6) is -1.94. The molecule has 1 aromatic carbocycles. The fourth-order valence-electron chi connectivity index (χ4n) is 2.88. The van der Waals surface area contributed by atoms with Gasteiger partial charge in [0.15, 0.2) is 6.04 Å². The van der Waals surface area contributed by atoms with Crippen LogP contribution in [0.15, 0.2) is 30.3 Å². The third kappa shape index (κ3) is 5.47. The van der Waals surface area contributed by atoms with Crippen LogP contribution in [0.1, 0.15) is 45.2 Å². The highest BCUT2D eigenvalue weighted by atomic mass is 16.6. The number of amides is 2. The second kappa shape index (κ2) is 8.21. The quantitative estimate of drug-likeness (QED) is 0.858. The molecular weight excluding hydrogens is 336 g/mol. The van der Waals surface area contributed by atoms with E-state index in [1.807, 2.05) is 0 Å². The number of ether oxygens (including phenoxy) is 1. The summed E-state index contributed by atoms with van der Waals surface area (Å²) in [7, 11) is 0. The highest BCUT2D eigenvalue weighted by Crippen LogP contribution is 2.21. The Morgan fingerprint density at radius 3 is 2.46 bits per heavy atom. The first kappa shape index (κ1) is 19.8. The van der Waals surface area contributed by atoms with Crippen molar-refractivity contribution in [2.24, 2.45) is 5.92 Å². The molecule has 1 saturated heterocycles. The summed E-state index contributed by atoms with van der Waals surface area (Å²) < 4.78 is 5.36. The van der Waals surface area contributed by atoms with E-state index in [-0.39, 0.29) is 12.5 Å². The van der Waals surface area contributed by atoms with Gasteiger partial charge in [0.25, 0.3) is 0 Å². The van der Waals surface area contributed by atoms with Crippen molar-refractivity contribution in [3.05, 3.63) is 35.9 Å². The highest BCUT2D eigenvalue weighted by Gasteiger charge is 2.33. The molecule has 0 aliphatic carbocycles. The number of piperidine rings is 1. The summed E-state index contributed by atoms with van der Waals surface area (Å²) in [6.07, 6.45) is 0.819. The Morgan fingerprint density at radius 1 is 1.23 bits per heavy atom. The van der Waals surface area contributed by atoms with Crippen LogP contribution in [0.2, 0.25) is 0 Å². The maximum absolute atomic E-state index is 12.6. The Kier molecular flexibility index (Phi) is 6.23. The largest absolute Gasteiger partial charge is 0.479 e. The molecule has 142 valence electrons. The molecule has 0 aromatic heterocycles. The third-order valence-electron chi connectivity index (χ3n) is 4.11. The van der Waals surface area contributed by atoms with Gasteiger partial charge in [0.05, 0.1) is 5.92 Å². The molecule has 2 atom stereocenters. The minimum absolute atomic E-state index is 0.224. The summed E-state index contributed by atoms with van der Waals surface area (Å²) in [5.41, 5.74) is -0.0956. The molecule has 2 amide bonds. The summed E-state index contributed by atoms with van der Waals surface area (Å²) in [6.45, 7) is 6.12. The molecule has 26 heavy (non-hydrogen) atoms. The molecule has 1 fully saturated rings. The molecule has 7 heteroatoms. The van der Waals surface area contributed by atoms with Crippen molar-refractivity contribution in [1.29, 1.82) is 0 Å². The number of aliphatic carboxylic acids is 1. The first-order chi connectivity index (χ1) is 12.2. The smallest absolute Gasteiger partial charge is 0.410 e. The number of carboxylic acid groups (broad SMARTS) is 1. The van der Waals surface area contributed by atoms with E-state index in [0.29, 0.717) is 24.9 Å². The van der Waals surface area contributed by atoms with Crippen molar-refractivity contribution in [1.82, 2.24) is 10.2 Å². The van der Waals surface area contributed by atoms with E-state index >= 15 is 0 Å². The molecule has 0 bridgehead atoms. The monoisotopic (exact) mass is 362 g/mol. The van der Waals surface area contributed by atoms with Gasteiger partial charge in [0.2, 0.25) is 5.91 Å². The number of carboxylic acids is 1. The highest BCUT2D eigenvalue weighted by molar-refractivity contribution is 5.86. The first-order valence-corrected chi connectivity index (χ1v) is 8.73. The van der Waals surface area contributed by atoms with E-state index in [1.165, 1.54) is 4.90 Å². The van der Waals surface area contributed by atoms with Crippen molar-refractivity contribution in [3.63, 3.8) is 0 Å². The number of hydrogen-bond acceptors (Lipinski definition) is 4. The van der Waals surface area contributed by atoms with Crippen LogP contribution in [0.25, 0.3) is 0 Å². The second-order valence-corrected chi connectivity index (χ2v) is 7.46. The van der Waals surface area contributed by atoms with Gasteiger partial charge in [-0.3, -0.25) is 4.79 Å². The van der Waals surface area contributed by atoms with Crippen LogP contribution in [0.5, 0.6) is 0 Å². The number of carbonyl (C=O) groups excluding carboxylic acids is 2. The Hall–Kier alpha value is -2.57. The van der Waals surface area contributed by atoms with Gasteiger partial charge >= 0.3 is 12.1 Å². The predicted molar refractivity (Wildman–Crippen MR) is 95.5 cm³/mol. The van der Waals surface area contributed by atoms with Crippen molar-refractivity contribution < 1.29 is 24.2 Å². The third-order valence-corrected chi connectivity index (χ3v) is 4.11. The predicted octanol–water partition coefficient (Wildman–Crippen LogP) is 2.58. The number of likely N-dealkylation sites (tertiary alicyclic amines) is 1. The van der Waals surface area contributed by atoms with Crippen LogP contribution in [0.3, 0.4) is 0 Å². The van der Waals surface area contributed by atoms with Gasteiger partial charge in [0, 0.05) is 13.1 Å². The van der Waals surface area contributed by atoms with Gasteiger partial charge in [-0.2, -0.15) is 0 Å². The average Bonchev–Trinajstić information content (AvgIpc) is 2.58. The van der Waals surface area contributed by atoms with Gasteiger partial charge in [-0.25, -0.2) is 9.59 Å². The van der Waals surface area contributed by atoms with Crippen LogP contribution in [-0.2, 0) is 14.3 Å².